The molecule has 0 aliphatic heterocycles. The third kappa shape index (κ3) is 2.90. The second-order valence-corrected chi connectivity index (χ2v) is 8.02. The molecule has 4 nitrogen and oxygen atoms in total. The van der Waals surface area contributed by atoms with Crippen LogP contribution >= 0.6 is 0 Å². The van der Waals surface area contributed by atoms with Gasteiger partial charge in [-0.05, 0) is 19.1 Å². The van der Waals surface area contributed by atoms with E-state index >= 15 is 0 Å². The maximum Gasteiger partial charge on any atom is 0.253 e. The van der Waals surface area contributed by atoms with Crippen LogP contribution in [0.15, 0.2) is 42.6 Å². The number of para-hydroxylation sites is 1. The number of nitrogens with zero attached hydrogens (tertiary/aromatic N) is 4. The third-order valence-electron chi connectivity index (χ3n) is 4.63. The fraction of sp³-hybridized carbons (Fsp3) is 0.429. The maximum absolute atomic E-state index is 4.40. The number of aromatic nitrogens is 4. The number of hydrogen-bond acceptors (Lipinski definition) is 1. The second-order valence-electron chi connectivity index (χ2n) is 8.02. The highest BCUT2D eigenvalue weighted by molar-refractivity contribution is 5.38. The summed E-state index contributed by atoms with van der Waals surface area (Å²) in [6.45, 7) is 13.6. The van der Waals surface area contributed by atoms with Gasteiger partial charge in [0.15, 0.2) is 0 Å². The molecule has 2 aromatic heterocycles. The lowest BCUT2D eigenvalue weighted by Gasteiger charge is -2.20. The Hall–Kier alpha value is -2.36. The SMILES string of the molecule is Cc1c(C(C)C)n(-c2ccccc2)c(C(C)(C)C)[n+]1-c1ccnn1C. The number of rotatable bonds is 3. The zero-order valence-corrected chi connectivity index (χ0v) is 16.4. The Bertz CT molecular complexity index is 877. The van der Waals surface area contributed by atoms with Gasteiger partial charge in [-0.1, -0.05) is 52.8 Å². The average Bonchev–Trinajstić information content (AvgIpc) is 3.08. The van der Waals surface area contributed by atoms with Crippen molar-refractivity contribution >= 4 is 0 Å². The van der Waals surface area contributed by atoms with Gasteiger partial charge < -0.3 is 0 Å². The van der Waals surface area contributed by atoms with Gasteiger partial charge in [0.2, 0.25) is 5.82 Å². The van der Waals surface area contributed by atoms with Crippen molar-refractivity contribution in [1.29, 1.82) is 0 Å². The molecule has 0 fully saturated rings. The summed E-state index contributed by atoms with van der Waals surface area (Å²) in [5.41, 5.74) is 3.79. The van der Waals surface area contributed by atoms with Crippen molar-refractivity contribution in [3.8, 4) is 11.5 Å². The Morgan fingerprint density at radius 3 is 2.16 bits per heavy atom. The number of hydrogen-bond donors (Lipinski definition) is 0. The van der Waals surface area contributed by atoms with Gasteiger partial charge >= 0.3 is 0 Å². The quantitative estimate of drug-likeness (QED) is 0.657. The highest BCUT2D eigenvalue weighted by atomic mass is 15.3. The van der Waals surface area contributed by atoms with E-state index in [1.807, 2.05) is 17.9 Å². The molecule has 0 aliphatic rings. The van der Waals surface area contributed by atoms with Crippen molar-refractivity contribution in [3.05, 3.63) is 59.8 Å². The fourth-order valence-corrected chi connectivity index (χ4v) is 3.70. The molecule has 2 heterocycles. The first kappa shape index (κ1) is 17.5. The lowest BCUT2D eigenvalue weighted by atomic mass is 9.94. The van der Waals surface area contributed by atoms with Gasteiger partial charge in [-0.15, -0.1) is 5.10 Å². The summed E-state index contributed by atoms with van der Waals surface area (Å²) >= 11 is 0. The summed E-state index contributed by atoms with van der Waals surface area (Å²) in [7, 11) is 2.00. The van der Waals surface area contributed by atoms with Crippen LogP contribution in [-0.4, -0.2) is 14.3 Å². The lowest BCUT2D eigenvalue weighted by Crippen LogP contribution is -2.44. The van der Waals surface area contributed by atoms with Crippen LogP contribution in [-0.2, 0) is 12.5 Å². The molecule has 3 aromatic rings. The second kappa shape index (κ2) is 6.17. The summed E-state index contributed by atoms with van der Waals surface area (Å²) in [4.78, 5) is 0. The summed E-state index contributed by atoms with van der Waals surface area (Å²) in [6.07, 6.45) is 1.86. The standard InChI is InChI=1S/C21H29N4/c1-15(2)19-16(3)24(18-13-14-22-23(18)7)20(21(4,5)6)25(19)17-11-9-8-10-12-17/h8-15H,1-7H3/q+1. The van der Waals surface area contributed by atoms with Crippen LogP contribution in [0.25, 0.3) is 11.5 Å². The molecule has 25 heavy (non-hydrogen) atoms. The van der Waals surface area contributed by atoms with Crippen molar-refractivity contribution in [1.82, 2.24) is 14.3 Å². The third-order valence-corrected chi connectivity index (χ3v) is 4.63. The fourth-order valence-electron chi connectivity index (χ4n) is 3.70. The first-order chi connectivity index (χ1) is 11.7. The van der Waals surface area contributed by atoms with E-state index in [2.05, 4.69) is 92.2 Å². The zero-order chi connectivity index (χ0) is 18.4. The first-order valence-corrected chi connectivity index (χ1v) is 8.95. The Labute approximate surface area is 150 Å². The average molecular weight is 337 g/mol. The minimum atomic E-state index is -0.0298. The Morgan fingerprint density at radius 2 is 1.68 bits per heavy atom. The maximum atomic E-state index is 4.40. The highest BCUT2D eigenvalue weighted by Gasteiger charge is 2.37. The van der Waals surface area contributed by atoms with Gasteiger partial charge in [0.25, 0.3) is 5.82 Å². The normalized spacial score (nSPS) is 12.2. The van der Waals surface area contributed by atoms with Crippen molar-refractivity contribution in [2.45, 2.75) is 52.9 Å². The number of benzene rings is 1. The smallest absolute Gasteiger partial charge is 0.230 e. The molecule has 0 spiro atoms. The zero-order valence-electron chi connectivity index (χ0n) is 16.4. The van der Waals surface area contributed by atoms with Crippen LogP contribution in [0, 0.1) is 6.92 Å². The molecule has 3 rings (SSSR count). The summed E-state index contributed by atoms with van der Waals surface area (Å²) in [5, 5.41) is 4.40. The van der Waals surface area contributed by atoms with Crippen molar-refractivity contribution in [3.63, 3.8) is 0 Å². The van der Waals surface area contributed by atoms with Crippen molar-refractivity contribution in [2.75, 3.05) is 0 Å². The molecule has 1 aromatic carbocycles. The first-order valence-electron chi connectivity index (χ1n) is 8.95. The van der Waals surface area contributed by atoms with E-state index in [9.17, 15) is 0 Å². The minimum absolute atomic E-state index is 0.0298. The van der Waals surface area contributed by atoms with Gasteiger partial charge in [-0.3, -0.25) is 0 Å². The largest absolute Gasteiger partial charge is 0.253 e. The van der Waals surface area contributed by atoms with Crippen LogP contribution in [0.1, 0.15) is 57.7 Å². The van der Waals surface area contributed by atoms with Gasteiger partial charge in [-0.25, -0.2) is 9.13 Å². The van der Waals surface area contributed by atoms with Gasteiger partial charge in [-0.2, -0.15) is 4.68 Å². The molecule has 0 amide bonds. The summed E-state index contributed by atoms with van der Waals surface area (Å²) < 4.78 is 6.75. The van der Waals surface area contributed by atoms with Crippen LogP contribution in [0.5, 0.6) is 0 Å². The summed E-state index contributed by atoms with van der Waals surface area (Å²) in [6, 6.07) is 12.7. The Morgan fingerprint density at radius 1 is 1.04 bits per heavy atom. The van der Waals surface area contributed by atoms with E-state index in [1.54, 1.807) is 0 Å². The molecule has 4 heteroatoms. The Balaban J connectivity index is 2.47. The van der Waals surface area contributed by atoms with E-state index in [0.717, 1.165) is 5.82 Å². The van der Waals surface area contributed by atoms with E-state index in [0.29, 0.717) is 5.92 Å². The number of imidazole rings is 1. The lowest BCUT2D eigenvalue weighted by molar-refractivity contribution is -0.620. The van der Waals surface area contributed by atoms with Crippen LogP contribution in [0.4, 0.5) is 0 Å². The number of aryl methyl sites for hydroxylation is 1. The molecular formula is C21H29N4+. The minimum Gasteiger partial charge on any atom is -0.230 e. The van der Waals surface area contributed by atoms with Gasteiger partial charge in [0, 0.05) is 17.4 Å². The molecule has 0 saturated heterocycles. The van der Waals surface area contributed by atoms with Gasteiger partial charge in [0.1, 0.15) is 17.1 Å². The van der Waals surface area contributed by atoms with Crippen molar-refractivity contribution < 1.29 is 4.57 Å². The van der Waals surface area contributed by atoms with E-state index < -0.39 is 0 Å². The van der Waals surface area contributed by atoms with Gasteiger partial charge in [0.05, 0.1) is 13.2 Å². The molecule has 0 saturated carbocycles. The Kier molecular flexibility index (Phi) is 4.31. The summed E-state index contributed by atoms with van der Waals surface area (Å²) in [5.74, 6) is 2.78. The van der Waals surface area contributed by atoms with Crippen LogP contribution in [0.3, 0.4) is 0 Å². The molecule has 0 radical (unpaired) electrons. The molecular weight excluding hydrogens is 308 g/mol. The van der Waals surface area contributed by atoms with Crippen LogP contribution in [0.2, 0.25) is 0 Å². The highest BCUT2D eigenvalue weighted by Crippen LogP contribution is 2.31. The topological polar surface area (TPSA) is 26.6 Å². The predicted octanol–water partition coefficient (Wildman–Crippen LogP) is 4.22. The molecule has 132 valence electrons. The van der Waals surface area contributed by atoms with Crippen molar-refractivity contribution in [2.24, 2.45) is 7.05 Å². The molecule has 0 unspecified atom stereocenters. The predicted molar refractivity (Wildman–Crippen MR) is 102 cm³/mol. The molecule has 0 aliphatic carbocycles. The van der Waals surface area contributed by atoms with E-state index in [4.69, 9.17) is 0 Å². The monoisotopic (exact) mass is 337 g/mol. The molecule has 0 bridgehead atoms. The van der Waals surface area contributed by atoms with Crippen LogP contribution < -0.4 is 4.57 Å². The van der Waals surface area contributed by atoms with E-state index in [1.165, 1.54) is 22.9 Å². The molecule has 0 atom stereocenters. The molecule has 0 N–H and O–H groups in total. The van der Waals surface area contributed by atoms with E-state index in [-0.39, 0.29) is 5.41 Å².